The van der Waals surface area contributed by atoms with Gasteiger partial charge in [0, 0.05) is 17.5 Å². The summed E-state index contributed by atoms with van der Waals surface area (Å²) in [5, 5.41) is 0. The normalized spacial score (nSPS) is 18.6. The van der Waals surface area contributed by atoms with E-state index in [1.54, 1.807) is 12.1 Å². The lowest BCUT2D eigenvalue weighted by molar-refractivity contribution is 0.144. The van der Waals surface area contributed by atoms with E-state index in [1.807, 2.05) is 13.0 Å². The minimum atomic E-state index is -2.40. The zero-order chi connectivity index (χ0) is 11.8. The van der Waals surface area contributed by atoms with E-state index in [0.29, 0.717) is 6.54 Å². The van der Waals surface area contributed by atoms with Gasteiger partial charge in [-0.15, -0.1) is 0 Å². The maximum absolute atomic E-state index is 12.9. The predicted octanol–water partition coefficient (Wildman–Crippen LogP) is 3.31. The summed E-state index contributed by atoms with van der Waals surface area (Å²) in [7, 11) is 0. The number of hydrogen-bond acceptors (Lipinski definition) is 1. The average molecular weight is 225 g/mol. The molecule has 0 aromatic heterocycles. The van der Waals surface area contributed by atoms with Crippen molar-refractivity contribution in [2.75, 3.05) is 6.54 Å². The number of rotatable bonds is 3. The number of alkyl halides is 2. The molecule has 1 aromatic rings. The molecule has 1 fully saturated rings. The van der Waals surface area contributed by atoms with Gasteiger partial charge in [-0.05, 0) is 25.3 Å². The van der Waals surface area contributed by atoms with Gasteiger partial charge in [-0.2, -0.15) is 0 Å². The SMILES string of the molecule is Cc1ccc(C(F)F)c(C2(CN)CCC2)c1. The first kappa shape index (κ1) is 11.5. The Bertz CT molecular complexity index is 378. The number of aryl methyl sites for hydroxylation is 1. The van der Waals surface area contributed by atoms with E-state index in [0.717, 1.165) is 30.4 Å². The lowest BCUT2D eigenvalue weighted by Gasteiger charge is -2.42. The molecule has 0 saturated heterocycles. The van der Waals surface area contributed by atoms with Crippen molar-refractivity contribution in [2.24, 2.45) is 5.73 Å². The topological polar surface area (TPSA) is 26.0 Å². The van der Waals surface area contributed by atoms with Crippen LogP contribution in [0.4, 0.5) is 8.78 Å². The molecule has 1 aliphatic rings. The van der Waals surface area contributed by atoms with Gasteiger partial charge >= 0.3 is 0 Å². The van der Waals surface area contributed by atoms with Gasteiger partial charge in [0.1, 0.15) is 0 Å². The molecule has 1 nitrogen and oxygen atoms in total. The second-order valence-corrected chi connectivity index (χ2v) is 4.73. The van der Waals surface area contributed by atoms with Crippen molar-refractivity contribution in [2.45, 2.75) is 38.0 Å². The lowest BCUT2D eigenvalue weighted by atomic mass is 9.63. The highest BCUT2D eigenvalue weighted by Crippen LogP contribution is 2.46. The number of nitrogens with two attached hydrogens (primary N) is 1. The molecule has 1 saturated carbocycles. The van der Waals surface area contributed by atoms with Crippen LogP contribution in [0.1, 0.15) is 42.4 Å². The van der Waals surface area contributed by atoms with Crippen LogP contribution >= 0.6 is 0 Å². The van der Waals surface area contributed by atoms with Gasteiger partial charge in [0.05, 0.1) is 0 Å². The third kappa shape index (κ3) is 1.73. The van der Waals surface area contributed by atoms with Gasteiger partial charge < -0.3 is 5.73 Å². The third-order valence-corrected chi connectivity index (χ3v) is 3.72. The molecule has 2 rings (SSSR count). The summed E-state index contributed by atoms with van der Waals surface area (Å²) < 4.78 is 25.9. The summed E-state index contributed by atoms with van der Waals surface area (Å²) in [6, 6.07) is 5.17. The fourth-order valence-corrected chi connectivity index (χ4v) is 2.51. The first-order valence-electron chi connectivity index (χ1n) is 5.68. The molecule has 0 heterocycles. The van der Waals surface area contributed by atoms with Crippen molar-refractivity contribution in [1.29, 1.82) is 0 Å². The van der Waals surface area contributed by atoms with Crippen LogP contribution in [0.15, 0.2) is 18.2 Å². The summed E-state index contributed by atoms with van der Waals surface area (Å²) >= 11 is 0. The molecule has 16 heavy (non-hydrogen) atoms. The number of benzene rings is 1. The lowest BCUT2D eigenvalue weighted by Crippen LogP contribution is -2.42. The van der Waals surface area contributed by atoms with Gasteiger partial charge in [-0.3, -0.25) is 0 Å². The van der Waals surface area contributed by atoms with Gasteiger partial charge in [-0.25, -0.2) is 8.78 Å². The average Bonchev–Trinajstić information content (AvgIpc) is 2.16. The molecular weight excluding hydrogens is 208 g/mol. The van der Waals surface area contributed by atoms with Crippen molar-refractivity contribution in [3.05, 3.63) is 34.9 Å². The van der Waals surface area contributed by atoms with Crippen LogP contribution in [0.3, 0.4) is 0 Å². The van der Waals surface area contributed by atoms with E-state index in [2.05, 4.69) is 0 Å². The van der Waals surface area contributed by atoms with E-state index in [1.165, 1.54) is 0 Å². The number of halogens is 2. The minimum Gasteiger partial charge on any atom is -0.330 e. The fourth-order valence-electron chi connectivity index (χ4n) is 2.51. The molecule has 2 N–H and O–H groups in total. The highest BCUT2D eigenvalue weighted by Gasteiger charge is 2.39. The zero-order valence-electron chi connectivity index (χ0n) is 9.47. The Hall–Kier alpha value is -0.960. The molecule has 1 aliphatic carbocycles. The molecule has 0 unspecified atom stereocenters. The van der Waals surface area contributed by atoms with E-state index < -0.39 is 6.43 Å². The molecular formula is C13H17F2N. The summed E-state index contributed by atoms with van der Waals surface area (Å²) in [5.41, 5.74) is 7.56. The molecule has 88 valence electrons. The molecule has 1 aromatic carbocycles. The van der Waals surface area contributed by atoms with Crippen molar-refractivity contribution in [3.63, 3.8) is 0 Å². The Morgan fingerprint density at radius 3 is 2.50 bits per heavy atom. The van der Waals surface area contributed by atoms with E-state index >= 15 is 0 Å². The largest absolute Gasteiger partial charge is 0.330 e. The first-order chi connectivity index (χ1) is 7.59. The van der Waals surface area contributed by atoms with Crippen LogP contribution in [-0.2, 0) is 5.41 Å². The molecule has 0 atom stereocenters. The molecule has 0 aliphatic heterocycles. The fraction of sp³-hybridized carbons (Fsp3) is 0.538. The van der Waals surface area contributed by atoms with E-state index in [4.69, 9.17) is 5.73 Å². The Kier molecular flexibility index (Phi) is 2.98. The van der Waals surface area contributed by atoms with Crippen molar-refractivity contribution in [3.8, 4) is 0 Å². The summed E-state index contributed by atoms with van der Waals surface area (Å²) in [5.74, 6) is 0. The van der Waals surface area contributed by atoms with Gasteiger partial charge in [0.25, 0.3) is 6.43 Å². The standard InChI is InChI=1S/C13H17F2N/c1-9-3-4-10(12(14)15)11(7-9)13(8-16)5-2-6-13/h3-4,7,12H,2,5-6,8,16H2,1H3. The van der Waals surface area contributed by atoms with E-state index in [-0.39, 0.29) is 11.0 Å². The molecule has 3 heteroatoms. The Morgan fingerprint density at radius 1 is 1.38 bits per heavy atom. The van der Waals surface area contributed by atoms with Crippen LogP contribution < -0.4 is 5.73 Å². The predicted molar refractivity (Wildman–Crippen MR) is 60.7 cm³/mol. The third-order valence-electron chi connectivity index (χ3n) is 3.72. The molecule has 0 amide bonds. The summed E-state index contributed by atoms with van der Waals surface area (Å²) in [4.78, 5) is 0. The summed E-state index contributed by atoms with van der Waals surface area (Å²) in [6.07, 6.45) is 0.562. The van der Waals surface area contributed by atoms with Gasteiger partial charge in [-0.1, -0.05) is 30.2 Å². The van der Waals surface area contributed by atoms with Crippen LogP contribution in [0.2, 0.25) is 0 Å². The second-order valence-electron chi connectivity index (χ2n) is 4.73. The van der Waals surface area contributed by atoms with Gasteiger partial charge in [0.2, 0.25) is 0 Å². The van der Waals surface area contributed by atoms with Crippen LogP contribution in [0.5, 0.6) is 0 Å². The van der Waals surface area contributed by atoms with Crippen molar-refractivity contribution < 1.29 is 8.78 Å². The van der Waals surface area contributed by atoms with Crippen molar-refractivity contribution >= 4 is 0 Å². The zero-order valence-corrected chi connectivity index (χ0v) is 9.47. The summed E-state index contributed by atoms with van der Waals surface area (Å²) in [6.45, 7) is 2.40. The first-order valence-corrected chi connectivity index (χ1v) is 5.68. The number of hydrogen-bond donors (Lipinski definition) is 1. The Morgan fingerprint density at radius 2 is 2.06 bits per heavy atom. The highest BCUT2D eigenvalue weighted by atomic mass is 19.3. The van der Waals surface area contributed by atoms with Crippen molar-refractivity contribution in [1.82, 2.24) is 0 Å². The van der Waals surface area contributed by atoms with Gasteiger partial charge in [0.15, 0.2) is 0 Å². The van der Waals surface area contributed by atoms with Crippen LogP contribution in [0, 0.1) is 6.92 Å². The van der Waals surface area contributed by atoms with Crippen LogP contribution in [0.25, 0.3) is 0 Å². The quantitative estimate of drug-likeness (QED) is 0.839. The maximum atomic E-state index is 12.9. The maximum Gasteiger partial charge on any atom is 0.264 e. The van der Waals surface area contributed by atoms with Crippen LogP contribution in [-0.4, -0.2) is 6.54 Å². The minimum absolute atomic E-state index is 0.163. The second kappa shape index (κ2) is 4.13. The Balaban J connectivity index is 2.48. The Labute approximate surface area is 94.7 Å². The van der Waals surface area contributed by atoms with E-state index in [9.17, 15) is 8.78 Å². The monoisotopic (exact) mass is 225 g/mol. The molecule has 0 radical (unpaired) electrons. The molecule has 0 spiro atoms. The highest BCUT2D eigenvalue weighted by molar-refractivity contribution is 5.40. The molecule has 0 bridgehead atoms. The smallest absolute Gasteiger partial charge is 0.264 e.